The highest BCUT2D eigenvalue weighted by Crippen LogP contribution is 2.40. The number of ether oxygens (including phenoxy) is 1. The maximum atomic E-state index is 14.5. The van der Waals surface area contributed by atoms with Crippen molar-refractivity contribution >= 4 is 22.5 Å². The van der Waals surface area contributed by atoms with Crippen LogP contribution in [0.5, 0.6) is 0 Å². The van der Waals surface area contributed by atoms with E-state index in [-0.39, 0.29) is 11.9 Å². The monoisotopic (exact) mass is 470 g/mol. The van der Waals surface area contributed by atoms with Crippen molar-refractivity contribution in [1.29, 1.82) is 0 Å². The zero-order chi connectivity index (χ0) is 23.9. The molecule has 35 heavy (non-hydrogen) atoms. The van der Waals surface area contributed by atoms with E-state index >= 15 is 0 Å². The number of piperidine rings is 1. The normalized spacial score (nSPS) is 20.1. The molecule has 3 aromatic heterocycles. The van der Waals surface area contributed by atoms with Crippen LogP contribution in [0.15, 0.2) is 55.0 Å². The van der Waals surface area contributed by atoms with Crippen LogP contribution in [0, 0.1) is 12.7 Å². The Bertz CT molecular complexity index is 1390. The first-order valence-corrected chi connectivity index (χ1v) is 11.9. The number of nitrogens with zero attached hydrogens (tertiary/aromatic N) is 4. The summed E-state index contributed by atoms with van der Waals surface area (Å²) in [6, 6.07) is 11.3. The third-order valence-electron chi connectivity index (χ3n) is 6.91. The van der Waals surface area contributed by atoms with E-state index in [1.165, 1.54) is 6.07 Å². The van der Waals surface area contributed by atoms with Gasteiger partial charge in [0.1, 0.15) is 11.6 Å². The first kappa shape index (κ1) is 21.9. The Balaban J connectivity index is 1.55. The fourth-order valence-electron chi connectivity index (χ4n) is 5.30. The largest absolute Gasteiger partial charge is 0.383 e. The molecule has 2 fully saturated rings. The second kappa shape index (κ2) is 8.87. The highest BCUT2D eigenvalue weighted by Gasteiger charge is 2.33. The van der Waals surface area contributed by atoms with Crippen LogP contribution in [0.25, 0.3) is 33.3 Å². The number of benzene rings is 1. The molecular formula is C27H27FN6O. The molecule has 2 atom stereocenters. The van der Waals surface area contributed by atoms with Gasteiger partial charge in [0.25, 0.3) is 0 Å². The summed E-state index contributed by atoms with van der Waals surface area (Å²) in [5.41, 5.74) is 12.0. The molecule has 3 N–H and O–H groups in total. The molecule has 0 spiro atoms. The third kappa shape index (κ3) is 4.09. The fraction of sp³-hybridized carbons (Fsp3) is 0.296. The number of aryl methyl sites for hydroxylation is 1. The number of rotatable bonds is 3. The molecular weight excluding hydrogens is 443 g/mol. The lowest BCUT2D eigenvalue weighted by molar-refractivity contribution is -0.00896. The van der Waals surface area contributed by atoms with Gasteiger partial charge in [-0.15, -0.1) is 0 Å². The SMILES string of the molecule is Cc1cc(F)cc(-c2cnc3ncc(-c4cccnc4N)cc3c2N2CC[C@H]3NCCO[C@@H]3C2)c1. The predicted octanol–water partition coefficient (Wildman–Crippen LogP) is 3.96. The molecule has 0 bridgehead atoms. The van der Waals surface area contributed by atoms with E-state index in [4.69, 9.17) is 10.5 Å². The zero-order valence-electron chi connectivity index (χ0n) is 19.5. The van der Waals surface area contributed by atoms with Gasteiger partial charge in [0.2, 0.25) is 0 Å². The highest BCUT2D eigenvalue weighted by molar-refractivity contribution is 6.00. The van der Waals surface area contributed by atoms with Crippen LogP contribution >= 0.6 is 0 Å². The molecule has 2 aliphatic heterocycles. The number of halogens is 1. The topological polar surface area (TPSA) is 89.2 Å². The van der Waals surface area contributed by atoms with Gasteiger partial charge >= 0.3 is 0 Å². The number of pyridine rings is 3. The molecule has 6 rings (SSSR count). The summed E-state index contributed by atoms with van der Waals surface area (Å²) in [4.78, 5) is 15.9. The standard InChI is InChI=1S/C27H27FN6O/c1-16-9-17(11-19(28)10-16)22-14-33-27-21(12-18(13-32-27)20-3-2-5-31-26(20)29)25(22)34-7-4-23-24(15-34)35-8-6-30-23/h2-3,5,9-14,23-24,30H,4,6-8,15H2,1H3,(H2,29,31)/t23-,24-/m1/s1. The zero-order valence-corrected chi connectivity index (χ0v) is 19.5. The van der Waals surface area contributed by atoms with Gasteiger partial charge in [-0.2, -0.15) is 0 Å². The van der Waals surface area contributed by atoms with Crippen LogP contribution in [-0.4, -0.2) is 53.3 Å². The van der Waals surface area contributed by atoms with Crippen molar-refractivity contribution in [1.82, 2.24) is 20.3 Å². The van der Waals surface area contributed by atoms with Crippen LogP contribution in [0.4, 0.5) is 15.9 Å². The molecule has 2 aliphatic rings. The summed E-state index contributed by atoms with van der Waals surface area (Å²) in [5.74, 6) is 0.183. The third-order valence-corrected chi connectivity index (χ3v) is 6.91. The molecule has 0 unspecified atom stereocenters. The number of nitrogens with two attached hydrogens (primary N) is 1. The molecule has 0 radical (unpaired) electrons. The number of fused-ring (bicyclic) bond motifs is 2. The summed E-state index contributed by atoms with van der Waals surface area (Å²) in [6.45, 7) is 5.06. The molecule has 0 aliphatic carbocycles. The van der Waals surface area contributed by atoms with Crippen LogP contribution in [-0.2, 0) is 4.74 Å². The van der Waals surface area contributed by atoms with E-state index in [1.807, 2.05) is 31.3 Å². The van der Waals surface area contributed by atoms with Gasteiger partial charge in [-0.1, -0.05) is 6.07 Å². The van der Waals surface area contributed by atoms with Crippen molar-refractivity contribution in [3.05, 3.63) is 66.4 Å². The number of anilines is 2. The molecule has 8 heteroatoms. The Morgan fingerprint density at radius 3 is 2.83 bits per heavy atom. The van der Waals surface area contributed by atoms with Crippen LogP contribution in [0.2, 0.25) is 0 Å². The fourth-order valence-corrected chi connectivity index (χ4v) is 5.30. The minimum atomic E-state index is -0.264. The average Bonchev–Trinajstić information content (AvgIpc) is 2.87. The van der Waals surface area contributed by atoms with E-state index in [0.29, 0.717) is 24.1 Å². The van der Waals surface area contributed by atoms with E-state index in [0.717, 1.165) is 64.9 Å². The Hall–Kier alpha value is -3.62. The lowest BCUT2D eigenvalue weighted by Gasteiger charge is -2.43. The Morgan fingerprint density at radius 2 is 1.97 bits per heavy atom. The van der Waals surface area contributed by atoms with Crippen LogP contribution < -0.4 is 16.0 Å². The van der Waals surface area contributed by atoms with E-state index in [2.05, 4.69) is 31.2 Å². The van der Waals surface area contributed by atoms with Gasteiger partial charge in [0.05, 0.1) is 18.4 Å². The molecule has 7 nitrogen and oxygen atoms in total. The van der Waals surface area contributed by atoms with Crippen molar-refractivity contribution in [2.24, 2.45) is 0 Å². The van der Waals surface area contributed by atoms with Gasteiger partial charge in [-0.25, -0.2) is 19.3 Å². The summed E-state index contributed by atoms with van der Waals surface area (Å²) in [6.07, 6.45) is 6.31. The molecule has 0 saturated carbocycles. The van der Waals surface area contributed by atoms with Crippen molar-refractivity contribution in [3.63, 3.8) is 0 Å². The lowest BCUT2D eigenvalue weighted by atomic mass is 9.95. The van der Waals surface area contributed by atoms with Gasteiger partial charge in [0, 0.05) is 66.3 Å². The van der Waals surface area contributed by atoms with Gasteiger partial charge in [-0.05, 0) is 54.8 Å². The van der Waals surface area contributed by atoms with Crippen molar-refractivity contribution in [3.8, 4) is 22.3 Å². The summed E-state index contributed by atoms with van der Waals surface area (Å²) in [5, 5.41) is 4.48. The van der Waals surface area contributed by atoms with Crippen molar-refractivity contribution < 1.29 is 9.13 Å². The van der Waals surface area contributed by atoms with Crippen molar-refractivity contribution in [2.45, 2.75) is 25.5 Å². The van der Waals surface area contributed by atoms with Crippen LogP contribution in [0.1, 0.15) is 12.0 Å². The van der Waals surface area contributed by atoms with E-state index in [9.17, 15) is 4.39 Å². The predicted molar refractivity (Wildman–Crippen MR) is 136 cm³/mol. The average molecular weight is 471 g/mol. The second-order valence-electron chi connectivity index (χ2n) is 9.27. The van der Waals surface area contributed by atoms with Gasteiger partial charge < -0.3 is 20.7 Å². The number of nitrogen functional groups attached to an aromatic ring is 1. The van der Waals surface area contributed by atoms with Crippen LogP contribution in [0.3, 0.4) is 0 Å². The lowest BCUT2D eigenvalue weighted by Crippen LogP contribution is -2.57. The Labute approximate surface area is 203 Å². The minimum absolute atomic E-state index is 0.0907. The highest BCUT2D eigenvalue weighted by atomic mass is 19.1. The first-order chi connectivity index (χ1) is 17.1. The Morgan fingerprint density at radius 1 is 1.09 bits per heavy atom. The molecule has 2 saturated heterocycles. The summed E-state index contributed by atoms with van der Waals surface area (Å²) >= 11 is 0. The smallest absolute Gasteiger partial charge is 0.161 e. The summed E-state index contributed by atoms with van der Waals surface area (Å²) in [7, 11) is 0. The first-order valence-electron chi connectivity index (χ1n) is 11.9. The molecule has 0 amide bonds. The molecule has 5 heterocycles. The molecule has 4 aromatic rings. The number of hydrogen-bond acceptors (Lipinski definition) is 7. The Kier molecular flexibility index (Phi) is 5.54. The number of morpholine rings is 1. The van der Waals surface area contributed by atoms with E-state index < -0.39 is 0 Å². The maximum Gasteiger partial charge on any atom is 0.161 e. The maximum absolute atomic E-state index is 14.5. The quantitative estimate of drug-likeness (QED) is 0.469. The van der Waals surface area contributed by atoms with Crippen molar-refractivity contribution in [2.75, 3.05) is 36.9 Å². The minimum Gasteiger partial charge on any atom is -0.383 e. The van der Waals surface area contributed by atoms with Gasteiger partial charge in [-0.3, -0.25) is 0 Å². The van der Waals surface area contributed by atoms with E-state index in [1.54, 1.807) is 18.5 Å². The second-order valence-corrected chi connectivity index (χ2v) is 9.27. The number of hydrogen-bond donors (Lipinski definition) is 2. The molecule has 1 aromatic carbocycles. The summed E-state index contributed by atoms with van der Waals surface area (Å²) < 4.78 is 20.6. The number of nitrogens with one attached hydrogen (secondary N) is 1. The molecule has 178 valence electrons. The van der Waals surface area contributed by atoms with Gasteiger partial charge in [0.15, 0.2) is 5.65 Å². The number of aromatic nitrogens is 3.